The van der Waals surface area contributed by atoms with Crippen molar-refractivity contribution in [1.29, 1.82) is 0 Å². The van der Waals surface area contributed by atoms with E-state index in [0.29, 0.717) is 12.1 Å². The summed E-state index contributed by atoms with van der Waals surface area (Å²) < 4.78 is 1.75. The van der Waals surface area contributed by atoms with Crippen LogP contribution in [0.15, 0.2) is 36.7 Å². The van der Waals surface area contributed by atoms with E-state index in [4.69, 9.17) is 5.11 Å². The van der Waals surface area contributed by atoms with Crippen molar-refractivity contribution in [3.05, 3.63) is 53.3 Å². The summed E-state index contributed by atoms with van der Waals surface area (Å²) in [4.78, 5) is 15.0. The Morgan fingerprint density at radius 3 is 2.95 bits per heavy atom. The van der Waals surface area contributed by atoms with E-state index in [2.05, 4.69) is 15.3 Å². The Morgan fingerprint density at radius 2 is 2.20 bits per heavy atom. The first kappa shape index (κ1) is 12.3. The Labute approximate surface area is 114 Å². The molecule has 2 heterocycles. The Balaban J connectivity index is 2.01. The molecule has 0 amide bonds. The Bertz CT molecular complexity index is 795. The highest BCUT2D eigenvalue weighted by molar-refractivity contribution is 5.92. The first-order valence-electron chi connectivity index (χ1n) is 6.11. The molecular weight excluding hydrogens is 256 g/mol. The van der Waals surface area contributed by atoms with Crippen LogP contribution in [-0.2, 0) is 6.54 Å². The summed E-state index contributed by atoms with van der Waals surface area (Å²) in [5.41, 5.74) is 3.79. The molecule has 0 bridgehead atoms. The molecule has 2 aromatic heterocycles. The molecule has 0 saturated heterocycles. The van der Waals surface area contributed by atoms with E-state index in [-0.39, 0.29) is 5.56 Å². The van der Waals surface area contributed by atoms with Gasteiger partial charge in [0.05, 0.1) is 17.6 Å². The van der Waals surface area contributed by atoms with Crippen LogP contribution in [0.5, 0.6) is 0 Å². The van der Waals surface area contributed by atoms with Crippen molar-refractivity contribution >= 4 is 17.0 Å². The molecule has 0 fully saturated rings. The highest BCUT2D eigenvalue weighted by atomic mass is 16.4. The zero-order chi connectivity index (χ0) is 14.1. The third-order valence-electron chi connectivity index (χ3n) is 3.22. The van der Waals surface area contributed by atoms with Gasteiger partial charge in [0, 0.05) is 12.4 Å². The minimum atomic E-state index is -0.966. The van der Waals surface area contributed by atoms with Gasteiger partial charge in [0.25, 0.3) is 0 Å². The maximum atomic E-state index is 10.9. The molecule has 0 unspecified atom stereocenters. The lowest BCUT2D eigenvalue weighted by atomic mass is 10.1. The number of aromatic nitrogens is 4. The maximum Gasteiger partial charge on any atom is 0.335 e. The van der Waals surface area contributed by atoms with Gasteiger partial charge in [-0.2, -0.15) is 0 Å². The van der Waals surface area contributed by atoms with Crippen LogP contribution in [0.3, 0.4) is 0 Å². The number of carboxylic acids is 1. The predicted octanol–water partition coefficient (Wildman–Crippen LogP) is 1.88. The van der Waals surface area contributed by atoms with Crippen molar-refractivity contribution in [3.8, 4) is 0 Å². The van der Waals surface area contributed by atoms with E-state index in [1.54, 1.807) is 29.2 Å². The van der Waals surface area contributed by atoms with E-state index in [1.807, 2.05) is 13.0 Å². The van der Waals surface area contributed by atoms with Gasteiger partial charge < -0.3 is 5.11 Å². The van der Waals surface area contributed by atoms with Gasteiger partial charge in [-0.25, -0.2) is 9.48 Å². The lowest BCUT2D eigenvalue weighted by molar-refractivity contribution is 0.0697. The second-order valence-electron chi connectivity index (χ2n) is 4.56. The lowest BCUT2D eigenvalue weighted by Gasteiger charge is -2.05. The zero-order valence-electron chi connectivity index (χ0n) is 10.8. The lowest BCUT2D eigenvalue weighted by Crippen LogP contribution is -2.04. The van der Waals surface area contributed by atoms with E-state index < -0.39 is 5.97 Å². The number of aryl methyl sites for hydroxylation is 1. The van der Waals surface area contributed by atoms with Gasteiger partial charge in [-0.3, -0.25) is 4.98 Å². The molecule has 20 heavy (non-hydrogen) atoms. The Morgan fingerprint density at radius 1 is 1.35 bits per heavy atom. The van der Waals surface area contributed by atoms with Crippen LogP contribution < -0.4 is 0 Å². The number of carbonyl (C=O) groups is 1. The molecule has 0 aliphatic heterocycles. The minimum Gasteiger partial charge on any atom is -0.478 e. The van der Waals surface area contributed by atoms with Crippen molar-refractivity contribution in [2.24, 2.45) is 0 Å². The summed E-state index contributed by atoms with van der Waals surface area (Å²) in [5.74, 6) is -0.966. The van der Waals surface area contributed by atoms with Gasteiger partial charge in [0.1, 0.15) is 5.52 Å². The molecule has 0 aliphatic carbocycles. The number of aromatic carboxylic acids is 1. The molecule has 3 rings (SSSR count). The topological polar surface area (TPSA) is 80.9 Å². The fourth-order valence-corrected chi connectivity index (χ4v) is 2.06. The van der Waals surface area contributed by atoms with E-state index in [0.717, 1.165) is 16.6 Å². The summed E-state index contributed by atoms with van der Waals surface area (Å²) in [5, 5.41) is 17.1. The third kappa shape index (κ3) is 2.11. The summed E-state index contributed by atoms with van der Waals surface area (Å²) in [6, 6.07) is 6.76. The molecular formula is C14H12N4O2. The van der Waals surface area contributed by atoms with Crippen LogP contribution in [0, 0.1) is 6.92 Å². The second-order valence-corrected chi connectivity index (χ2v) is 4.56. The van der Waals surface area contributed by atoms with Crippen LogP contribution in [0.1, 0.15) is 21.5 Å². The minimum absolute atomic E-state index is 0.213. The maximum absolute atomic E-state index is 10.9. The standard InChI is InChI=1S/C14H12N4O2/c1-9-7-15-5-4-11(9)8-18-13-3-2-10(14(19)20)6-12(13)16-17-18/h2-7H,8H2,1H3,(H,19,20). The molecule has 6 heteroatoms. The van der Waals surface area contributed by atoms with Gasteiger partial charge >= 0.3 is 5.97 Å². The average Bonchev–Trinajstić information content (AvgIpc) is 2.84. The van der Waals surface area contributed by atoms with Crippen molar-refractivity contribution in [2.45, 2.75) is 13.5 Å². The number of benzene rings is 1. The summed E-state index contributed by atoms with van der Waals surface area (Å²) in [6.07, 6.45) is 3.54. The Hall–Kier alpha value is -2.76. The molecule has 6 nitrogen and oxygen atoms in total. The van der Waals surface area contributed by atoms with Gasteiger partial charge in [0.2, 0.25) is 0 Å². The van der Waals surface area contributed by atoms with Crippen molar-refractivity contribution < 1.29 is 9.90 Å². The molecule has 100 valence electrons. The van der Waals surface area contributed by atoms with Crippen molar-refractivity contribution in [2.75, 3.05) is 0 Å². The first-order valence-corrected chi connectivity index (χ1v) is 6.11. The molecule has 3 aromatic rings. The number of nitrogens with zero attached hydrogens (tertiary/aromatic N) is 4. The van der Waals surface area contributed by atoms with Crippen LogP contribution in [0.4, 0.5) is 0 Å². The molecule has 0 aliphatic rings. The second kappa shape index (κ2) is 4.73. The van der Waals surface area contributed by atoms with Crippen molar-refractivity contribution in [1.82, 2.24) is 20.0 Å². The molecule has 0 atom stereocenters. The fourth-order valence-electron chi connectivity index (χ4n) is 2.06. The SMILES string of the molecule is Cc1cnccc1Cn1nnc2cc(C(=O)O)ccc21. The van der Waals surface area contributed by atoms with Crippen LogP contribution in [0.25, 0.3) is 11.0 Å². The summed E-state index contributed by atoms with van der Waals surface area (Å²) in [6.45, 7) is 2.57. The van der Waals surface area contributed by atoms with E-state index >= 15 is 0 Å². The number of hydrogen-bond donors (Lipinski definition) is 1. The monoisotopic (exact) mass is 268 g/mol. The molecule has 1 N–H and O–H groups in total. The van der Waals surface area contributed by atoms with Crippen LogP contribution >= 0.6 is 0 Å². The smallest absolute Gasteiger partial charge is 0.335 e. The van der Waals surface area contributed by atoms with E-state index in [9.17, 15) is 4.79 Å². The van der Waals surface area contributed by atoms with Gasteiger partial charge in [-0.15, -0.1) is 5.10 Å². The third-order valence-corrected chi connectivity index (χ3v) is 3.22. The summed E-state index contributed by atoms with van der Waals surface area (Å²) >= 11 is 0. The molecule has 1 aromatic carbocycles. The molecule has 0 spiro atoms. The highest BCUT2D eigenvalue weighted by Crippen LogP contribution is 2.16. The quantitative estimate of drug-likeness (QED) is 0.784. The van der Waals surface area contributed by atoms with Crippen LogP contribution in [0.2, 0.25) is 0 Å². The largest absolute Gasteiger partial charge is 0.478 e. The highest BCUT2D eigenvalue weighted by Gasteiger charge is 2.10. The number of rotatable bonds is 3. The fraction of sp³-hybridized carbons (Fsp3) is 0.143. The number of carboxylic acid groups (broad SMARTS) is 1. The van der Waals surface area contributed by atoms with Crippen LogP contribution in [-0.4, -0.2) is 31.1 Å². The van der Waals surface area contributed by atoms with E-state index in [1.165, 1.54) is 6.07 Å². The normalized spacial score (nSPS) is 10.8. The number of hydrogen-bond acceptors (Lipinski definition) is 4. The molecule has 0 saturated carbocycles. The predicted molar refractivity (Wildman–Crippen MR) is 72.6 cm³/mol. The summed E-state index contributed by atoms with van der Waals surface area (Å²) in [7, 11) is 0. The van der Waals surface area contributed by atoms with Crippen molar-refractivity contribution in [3.63, 3.8) is 0 Å². The van der Waals surface area contributed by atoms with Gasteiger partial charge in [-0.1, -0.05) is 5.21 Å². The number of fused-ring (bicyclic) bond motifs is 1. The van der Waals surface area contributed by atoms with Gasteiger partial charge in [-0.05, 0) is 42.3 Å². The molecule has 0 radical (unpaired) electrons. The zero-order valence-corrected chi connectivity index (χ0v) is 10.8. The first-order chi connectivity index (χ1) is 9.65. The van der Waals surface area contributed by atoms with Gasteiger partial charge in [0.15, 0.2) is 0 Å². The Kier molecular flexibility index (Phi) is 2.90. The number of pyridine rings is 1. The average molecular weight is 268 g/mol.